The molecular formula is C28H48. The van der Waals surface area contributed by atoms with Crippen LogP contribution < -0.4 is 0 Å². The predicted molar refractivity (Wildman–Crippen MR) is 120 cm³/mol. The normalized spacial score (nSPS) is 70.3. The van der Waals surface area contributed by atoms with E-state index in [4.69, 9.17) is 0 Å². The second-order valence-corrected chi connectivity index (χ2v) is 15.5. The van der Waals surface area contributed by atoms with Crippen molar-refractivity contribution in [1.29, 1.82) is 0 Å². The lowest BCUT2D eigenvalue weighted by molar-refractivity contribution is -0.717. The third-order valence-electron chi connectivity index (χ3n) is 18.1. The second kappa shape index (κ2) is 3.52. The van der Waals surface area contributed by atoms with Crippen LogP contribution in [-0.4, -0.2) is 0 Å². The summed E-state index contributed by atoms with van der Waals surface area (Å²) in [6.45, 7) is 42.5. The van der Waals surface area contributed by atoms with E-state index >= 15 is 0 Å². The van der Waals surface area contributed by atoms with Gasteiger partial charge in [-0.15, -0.1) is 0 Å². The van der Waals surface area contributed by atoms with E-state index in [1.807, 2.05) is 0 Å². The highest BCUT2D eigenvalue weighted by Gasteiger charge is 3.16. The fourth-order valence-electron chi connectivity index (χ4n) is 15.2. The Morgan fingerprint density at radius 1 is 0.179 bits per heavy atom. The van der Waals surface area contributed by atoms with Gasteiger partial charge in [0.15, 0.2) is 0 Å². The van der Waals surface area contributed by atoms with Gasteiger partial charge >= 0.3 is 0 Å². The summed E-state index contributed by atoms with van der Waals surface area (Å²) in [5.41, 5.74) is 4.54. The molecule has 0 spiro atoms. The molecule has 0 nitrogen and oxygen atoms in total. The number of hydrogen-bond acceptors (Lipinski definition) is 0. The lowest BCUT2D eigenvalue weighted by atomic mass is 8.85. The minimum Gasteiger partial charge on any atom is -0.0588 e. The van der Waals surface area contributed by atoms with E-state index in [9.17, 15) is 0 Å². The number of fused-ring (bicyclic) bond motifs is 10. The van der Waals surface area contributed by atoms with Crippen molar-refractivity contribution in [3.05, 3.63) is 0 Å². The van der Waals surface area contributed by atoms with Gasteiger partial charge in [0.1, 0.15) is 0 Å². The Bertz CT molecular complexity index is 712. The number of hydrogen-bond donors (Lipinski definition) is 0. The van der Waals surface area contributed by atoms with E-state index in [0.29, 0.717) is 65.0 Å². The lowest BCUT2D eigenvalue weighted by Crippen LogP contribution is -3.14. The first-order valence-corrected chi connectivity index (χ1v) is 12.0. The van der Waals surface area contributed by atoms with Crippen molar-refractivity contribution in [2.75, 3.05) is 0 Å². The van der Waals surface area contributed by atoms with Gasteiger partial charge in [-0.05, 0) is 65.0 Å². The molecule has 0 aromatic heterocycles. The Balaban J connectivity index is 1.86. The maximum absolute atomic E-state index is 2.74. The van der Waals surface area contributed by atoms with Crippen LogP contribution >= 0.6 is 0 Å². The summed E-state index contributed by atoms with van der Waals surface area (Å²) < 4.78 is 0. The molecule has 160 valence electrons. The van der Waals surface area contributed by atoms with Crippen LogP contribution in [0.4, 0.5) is 0 Å². The molecule has 5 aliphatic carbocycles. The van der Waals surface area contributed by atoms with Crippen molar-refractivity contribution in [3.63, 3.8) is 0 Å². The van der Waals surface area contributed by atoms with Gasteiger partial charge < -0.3 is 0 Å². The molecule has 0 bridgehead atoms. The highest BCUT2D eigenvalue weighted by Crippen LogP contribution is 3.19. The molecule has 0 N–H and O–H groups in total. The van der Waals surface area contributed by atoms with Crippen molar-refractivity contribution >= 4 is 0 Å². The molecule has 5 saturated carbocycles. The third-order valence-corrected chi connectivity index (χ3v) is 18.1. The molecule has 0 heterocycles. The first-order chi connectivity index (χ1) is 12.0. The molecule has 5 fully saturated rings. The van der Waals surface area contributed by atoms with Gasteiger partial charge in [0.25, 0.3) is 0 Å². The first-order valence-electron chi connectivity index (χ1n) is 12.0. The quantitative estimate of drug-likeness (QED) is 0.369. The molecule has 5 aliphatic rings. The van der Waals surface area contributed by atoms with Crippen LogP contribution in [0.5, 0.6) is 0 Å². The predicted octanol–water partition coefficient (Wildman–Crippen LogP) is 8.21. The van der Waals surface area contributed by atoms with Crippen molar-refractivity contribution < 1.29 is 0 Å². The van der Waals surface area contributed by atoms with Gasteiger partial charge in [0.2, 0.25) is 0 Å². The van der Waals surface area contributed by atoms with Crippen molar-refractivity contribution in [1.82, 2.24) is 0 Å². The molecular weight excluding hydrogens is 336 g/mol. The maximum Gasteiger partial charge on any atom is -0.0131 e. The minimum atomic E-state index is 0.360. The largest absolute Gasteiger partial charge is 0.0588 e. The summed E-state index contributed by atoms with van der Waals surface area (Å²) in [5.74, 6) is 0. The Kier molecular flexibility index (Phi) is 2.51. The van der Waals surface area contributed by atoms with E-state index < -0.39 is 0 Å². The fraction of sp³-hybridized carbons (Fsp3) is 1.00. The molecule has 0 radical (unpaired) electrons. The van der Waals surface area contributed by atoms with Gasteiger partial charge in [-0.3, -0.25) is 0 Å². The summed E-state index contributed by atoms with van der Waals surface area (Å²) >= 11 is 0. The van der Waals surface area contributed by atoms with E-state index in [2.05, 4.69) is 111 Å². The molecule has 5 rings (SSSR count). The molecule has 0 amide bonds. The molecule has 0 aromatic carbocycles. The SMILES string of the molecule is CC1(C)C(C)(C)C2(C)C1(C)C1(C)C2(C)C2(C)C3(C)C(C)(C)C(C)(C)C3(C)C12C. The summed E-state index contributed by atoms with van der Waals surface area (Å²) in [6.07, 6.45) is 0. The van der Waals surface area contributed by atoms with Gasteiger partial charge in [-0.2, -0.15) is 0 Å². The van der Waals surface area contributed by atoms with Crippen LogP contribution in [0.25, 0.3) is 0 Å². The zero-order valence-corrected chi connectivity index (χ0v) is 22.0. The van der Waals surface area contributed by atoms with Crippen LogP contribution in [0.1, 0.15) is 111 Å². The Morgan fingerprint density at radius 3 is 0.393 bits per heavy atom. The summed E-state index contributed by atoms with van der Waals surface area (Å²) in [5, 5.41) is 0. The molecule has 0 aromatic rings. The maximum atomic E-state index is 2.74. The fourth-order valence-corrected chi connectivity index (χ4v) is 15.2. The zero-order valence-electron chi connectivity index (χ0n) is 22.0. The average molecular weight is 385 g/mol. The lowest BCUT2D eigenvalue weighted by Gasteiger charge is -3.18. The van der Waals surface area contributed by atoms with Crippen molar-refractivity contribution in [2.24, 2.45) is 65.0 Å². The van der Waals surface area contributed by atoms with Crippen molar-refractivity contribution in [2.45, 2.75) is 111 Å². The van der Waals surface area contributed by atoms with Crippen LogP contribution in [0, 0.1) is 65.0 Å². The summed E-state index contributed by atoms with van der Waals surface area (Å²) in [4.78, 5) is 0. The molecule has 0 saturated heterocycles. The van der Waals surface area contributed by atoms with E-state index in [0.717, 1.165) is 0 Å². The molecule has 0 heteroatoms. The Morgan fingerprint density at radius 2 is 0.286 bits per heavy atom. The third kappa shape index (κ3) is 0.784. The van der Waals surface area contributed by atoms with Gasteiger partial charge in [-0.1, -0.05) is 111 Å². The van der Waals surface area contributed by atoms with Crippen LogP contribution in [0.15, 0.2) is 0 Å². The van der Waals surface area contributed by atoms with Crippen molar-refractivity contribution in [3.8, 4) is 0 Å². The smallest absolute Gasteiger partial charge is 0.0131 e. The summed E-state index contributed by atoms with van der Waals surface area (Å²) in [6, 6.07) is 0. The Labute approximate surface area is 176 Å². The minimum absolute atomic E-state index is 0.360. The monoisotopic (exact) mass is 384 g/mol. The molecule has 4 atom stereocenters. The molecule has 0 aliphatic heterocycles. The molecule has 4 unspecified atom stereocenters. The van der Waals surface area contributed by atoms with E-state index in [1.54, 1.807) is 0 Å². The standard InChI is InChI=1S/C28H48/c1-17(2)18(3,4)22(10)21(17,9)25(13)26(22,14)28(16)24(12)20(7,8)19(5,6)23(24,11)27(25,28)15/h1-16H3. The van der Waals surface area contributed by atoms with Gasteiger partial charge in [0.05, 0.1) is 0 Å². The zero-order chi connectivity index (χ0) is 22.0. The topological polar surface area (TPSA) is 0 Å². The van der Waals surface area contributed by atoms with Crippen LogP contribution in [0.3, 0.4) is 0 Å². The second-order valence-electron chi connectivity index (χ2n) is 15.5. The highest BCUT2D eigenvalue weighted by molar-refractivity contribution is 5.62. The van der Waals surface area contributed by atoms with Gasteiger partial charge in [-0.25, -0.2) is 0 Å². The van der Waals surface area contributed by atoms with Crippen LogP contribution in [-0.2, 0) is 0 Å². The van der Waals surface area contributed by atoms with Crippen LogP contribution in [0.2, 0.25) is 0 Å². The number of rotatable bonds is 0. The average Bonchev–Trinajstić information content (AvgIpc) is 2.59. The first kappa shape index (κ1) is 19.9. The van der Waals surface area contributed by atoms with E-state index in [-0.39, 0.29) is 0 Å². The van der Waals surface area contributed by atoms with Gasteiger partial charge in [0, 0.05) is 0 Å². The Hall–Kier alpha value is 0. The molecule has 28 heavy (non-hydrogen) atoms. The van der Waals surface area contributed by atoms with E-state index in [1.165, 1.54) is 0 Å². The highest BCUT2D eigenvalue weighted by atomic mass is 15.2. The summed E-state index contributed by atoms with van der Waals surface area (Å²) in [7, 11) is 0.